The molecule has 0 heterocycles. The third-order valence-corrected chi connectivity index (χ3v) is 3.48. The predicted octanol–water partition coefficient (Wildman–Crippen LogP) is 4.23. The maximum absolute atomic E-state index is 11.9. The summed E-state index contributed by atoms with van der Waals surface area (Å²) in [5, 5.41) is 14.1. The molecule has 23 heavy (non-hydrogen) atoms. The van der Waals surface area contributed by atoms with E-state index < -0.39 is 10.8 Å². The first-order valence-corrected chi connectivity index (χ1v) is 7.25. The highest BCUT2D eigenvalue weighted by molar-refractivity contribution is 6.35. The summed E-state index contributed by atoms with van der Waals surface area (Å²) in [5.74, 6) is -0.0698. The van der Waals surface area contributed by atoms with Crippen LogP contribution in [0.1, 0.15) is 5.56 Å². The lowest BCUT2D eigenvalue weighted by Crippen LogP contribution is -2.20. The Labute approximate surface area is 142 Å². The van der Waals surface area contributed by atoms with Crippen molar-refractivity contribution in [1.29, 1.82) is 0 Å². The number of amides is 1. The lowest BCUT2D eigenvalue weighted by Gasteiger charge is -2.10. The van der Waals surface area contributed by atoms with E-state index in [4.69, 9.17) is 27.9 Å². The van der Waals surface area contributed by atoms with Crippen LogP contribution in [0.3, 0.4) is 0 Å². The Morgan fingerprint density at radius 2 is 2.00 bits per heavy atom. The van der Waals surface area contributed by atoms with E-state index in [0.29, 0.717) is 27.0 Å². The fraction of sp³-hybridized carbons (Fsp3) is 0.133. The molecular formula is C15H12Cl2N2O4. The summed E-state index contributed by atoms with van der Waals surface area (Å²) in [7, 11) is 0. The fourth-order valence-corrected chi connectivity index (χ4v) is 2.29. The first-order chi connectivity index (χ1) is 10.9. The van der Waals surface area contributed by atoms with Gasteiger partial charge in [0.2, 0.25) is 0 Å². The highest BCUT2D eigenvalue weighted by Gasteiger charge is 2.11. The number of carbonyl (C=O) groups is 1. The molecule has 0 bridgehead atoms. The highest BCUT2D eigenvalue weighted by atomic mass is 35.5. The molecule has 8 heteroatoms. The number of nitro groups is 1. The molecule has 2 aromatic rings. The second kappa shape index (κ2) is 7.30. The number of ether oxygens (including phenoxy) is 1. The molecule has 1 N–H and O–H groups in total. The molecule has 0 radical (unpaired) electrons. The number of nitro benzene ring substituents is 1. The molecule has 0 spiro atoms. The minimum Gasteiger partial charge on any atom is -0.482 e. The van der Waals surface area contributed by atoms with Gasteiger partial charge in [-0.3, -0.25) is 14.9 Å². The average molecular weight is 355 g/mol. The molecule has 0 aliphatic rings. The summed E-state index contributed by atoms with van der Waals surface area (Å²) >= 11 is 11.7. The van der Waals surface area contributed by atoms with Gasteiger partial charge in [0.25, 0.3) is 11.6 Å². The molecule has 0 aliphatic carbocycles. The number of non-ortho nitro benzene ring substituents is 1. The summed E-state index contributed by atoms with van der Waals surface area (Å²) < 4.78 is 5.32. The van der Waals surface area contributed by atoms with Crippen LogP contribution in [0, 0.1) is 17.0 Å². The SMILES string of the molecule is Cc1cc([N+](=O)[O-])ccc1NC(=O)COc1ccc(Cl)cc1Cl. The molecule has 0 unspecified atom stereocenters. The van der Waals surface area contributed by atoms with E-state index >= 15 is 0 Å². The summed E-state index contributed by atoms with van der Waals surface area (Å²) in [6.07, 6.45) is 0. The van der Waals surface area contributed by atoms with E-state index in [1.165, 1.54) is 24.3 Å². The van der Waals surface area contributed by atoms with Gasteiger partial charge in [-0.15, -0.1) is 0 Å². The largest absolute Gasteiger partial charge is 0.482 e. The van der Waals surface area contributed by atoms with Crippen molar-refractivity contribution in [1.82, 2.24) is 0 Å². The van der Waals surface area contributed by atoms with Gasteiger partial charge in [0.05, 0.1) is 9.95 Å². The van der Waals surface area contributed by atoms with Gasteiger partial charge in [0, 0.05) is 22.8 Å². The zero-order valence-electron chi connectivity index (χ0n) is 12.0. The molecule has 120 valence electrons. The van der Waals surface area contributed by atoms with Gasteiger partial charge >= 0.3 is 0 Å². The van der Waals surface area contributed by atoms with Gasteiger partial charge < -0.3 is 10.1 Å². The Hall–Kier alpha value is -2.31. The van der Waals surface area contributed by atoms with Gasteiger partial charge in [-0.05, 0) is 36.8 Å². The van der Waals surface area contributed by atoms with E-state index in [2.05, 4.69) is 5.32 Å². The maximum atomic E-state index is 11.9. The van der Waals surface area contributed by atoms with Gasteiger partial charge in [-0.25, -0.2) is 0 Å². The smallest absolute Gasteiger partial charge is 0.269 e. The Kier molecular flexibility index (Phi) is 5.41. The third-order valence-electron chi connectivity index (χ3n) is 2.95. The number of nitrogens with one attached hydrogen (secondary N) is 1. The van der Waals surface area contributed by atoms with Gasteiger partial charge in [0.15, 0.2) is 6.61 Å². The molecule has 1 amide bonds. The maximum Gasteiger partial charge on any atom is 0.269 e. The standard InChI is InChI=1S/C15H12Cl2N2O4/c1-9-6-11(19(21)22)3-4-13(9)18-15(20)8-23-14-5-2-10(16)7-12(14)17/h2-7H,8H2,1H3,(H,18,20). The van der Waals surface area contributed by atoms with Crippen molar-refractivity contribution in [2.75, 3.05) is 11.9 Å². The zero-order valence-corrected chi connectivity index (χ0v) is 13.5. The second-order valence-electron chi connectivity index (χ2n) is 4.67. The quantitative estimate of drug-likeness (QED) is 0.643. The molecule has 0 aromatic heterocycles. The Bertz CT molecular complexity index is 765. The lowest BCUT2D eigenvalue weighted by atomic mass is 10.2. The van der Waals surface area contributed by atoms with Crippen molar-refractivity contribution in [2.45, 2.75) is 6.92 Å². The number of rotatable bonds is 5. The third kappa shape index (κ3) is 4.58. The van der Waals surface area contributed by atoms with E-state index in [0.717, 1.165) is 0 Å². The normalized spacial score (nSPS) is 10.2. The highest BCUT2D eigenvalue weighted by Crippen LogP contribution is 2.27. The molecule has 0 aliphatic heterocycles. The van der Waals surface area contributed by atoms with Crippen LogP contribution in [-0.2, 0) is 4.79 Å². The van der Waals surface area contributed by atoms with Crippen LogP contribution in [0.15, 0.2) is 36.4 Å². The zero-order chi connectivity index (χ0) is 17.0. The van der Waals surface area contributed by atoms with E-state index in [9.17, 15) is 14.9 Å². The number of nitrogens with zero attached hydrogens (tertiary/aromatic N) is 1. The van der Waals surface area contributed by atoms with Crippen molar-refractivity contribution in [2.24, 2.45) is 0 Å². The van der Waals surface area contributed by atoms with E-state index in [-0.39, 0.29) is 12.3 Å². The van der Waals surface area contributed by atoms with Crippen LogP contribution < -0.4 is 10.1 Å². The van der Waals surface area contributed by atoms with Crippen molar-refractivity contribution in [3.63, 3.8) is 0 Å². The number of hydrogen-bond donors (Lipinski definition) is 1. The number of carbonyl (C=O) groups excluding carboxylic acids is 1. The van der Waals surface area contributed by atoms with Gasteiger partial charge in [0.1, 0.15) is 5.75 Å². The Balaban J connectivity index is 1.98. The average Bonchev–Trinajstić information content (AvgIpc) is 2.48. The van der Waals surface area contributed by atoms with Crippen molar-refractivity contribution in [3.8, 4) is 5.75 Å². The minimum atomic E-state index is -0.496. The van der Waals surface area contributed by atoms with Crippen LogP contribution in [0.4, 0.5) is 11.4 Å². The number of benzene rings is 2. The van der Waals surface area contributed by atoms with Crippen molar-refractivity contribution < 1.29 is 14.5 Å². The Morgan fingerprint density at radius 3 is 2.61 bits per heavy atom. The topological polar surface area (TPSA) is 81.5 Å². The monoisotopic (exact) mass is 354 g/mol. The number of anilines is 1. The van der Waals surface area contributed by atoms with Crippen LogP contribution in [0.25, 0.3) is 0 Å². The summed E-state index contributed by atoms with van der Waals surface area (Å²) in [5.41, 5.74) is 1.02. The summed E-state index contributed by atoms with van der Waals surface area (Å²) in [6.45, 7) is 1.41. The molecule has 0 saturated carbocycles. The fourth-order valence-electron chi connectivity index (χ4n) is 1.82. The predicted molar refractivity (Wildman–Crippen MR) is 88.4 cm³/mol. The molecule has 2 rings (SSSR count). The van der Waals surface area contributed by atoms with E-state index in [1.54, 1.807) is 19.1 Å². The first-order valence-electron chi connectivity index (χ1n) is 6.49. The van der Waals surface area contributed by atoms with Crippen LogP contribution in [0.2, 0.25) is 10.0 Å². The molecule has 2 aromatic carbocycles. The molecule has 6 nitrogen and oxygen atoms in total. The summed E-state index contributed by atoms with van der Waals surface area (Å²) in [4.78, 5) is 22.1. The molecule has 0 saturated heterocycles. The van der Waals surface area contributed by atoms with Crippen LogP contribution in [-0.4, -0.2) is 17.4 Å². The number of halogens is 2. The van der Waals surface area contributed by atoms with E-state index in [1.807, 2.05) is 0 Å². The second-order valence-corrected chi connectivity index (χ2v) is 5.51. The molecular weight excluding hydrogens is 343 g/mol. The lowest BCUT2D eigenvalue weighted by molar-refractivity contribution is -0.384. The van der Waals surface area contributed by atoms with Gasteiger partial charge in [-0.2, -0.15) is 0 Å². The van der Waals surface area contributed by atoms with Crippen molar-refractivity contribution in [3.05, 3.63) is 62.1 Å². The van der Waals surface area contributed by atoms with Gasteiger partial charge in [-0.1, -0.05) is 23.2 Å². The number of aryl methyl sites for hydroxylation is 1. The molecule has 0 atom stereocenters. The van der Waals surface area contributed by atoms with Crippen LogP contribution >= 0.6 is 23.2 Å². The molecule has 0 fully saturated rings. The summed E-state index contributed by atoms with van der Waals surface area (Å²) in [6, 6.07) is 8.85. The first kappa shape index (κ1) is 17.1. The minimum absolute atomic E-state index is 0.0373. The number of hydrogen-bond acceptors (Lipinski definition) is 4. The van der Waals surface area contributed by atoms with Crippen LogP contribution in [0.5, 0.6) is 5.75 Å². The van der Waals surface area contributed by atoms with Crippen molar-refractivity contribution >= 4 is 40.5 Å². The Morgan fingerprint density at radius 1 is 1.26 bits per heavy atom.